The number of carbonyl (C=O) groups excluding carboxylic acids is 3. The zero-order valence-corrected chi connectivity index (χ0v) is 15.9. The van der Waals surface area contributed by atoms with E-state index >= 15 is 0 Å². The minimum atomic E-state index is -0.556. The lowest BCUT2D eigenvalue weighted by molar-refractivity contribution is -0.146. The number of anilines is 2. The molecule has 0 fully saturated rings. The van der Waals surface area contributed by atoms with E-state index in [1.54, 1.807) is 42.5 Å². The first kappa shape index (κ1) is 20.8. The van der Waals surface area contributed by atoms with E-state index in [9.17, 15) is 14.4 Å². The molecule has 8 nitrogen and oxygen atoms in total. The second kappa shape index (κ2) is 9.96. The van der Waals surface area contributed by atoms with Crippen molar-refractivity contribution in [2.24, 2.45) is 0 Å². The SMILES string of the molecule is COc1ccc(CC(=O)OCC(=O)Nc2ccc(NC(C)=O)cc2)c(OC)c1. The molecule has 0 atom stereocenters. The third-order valence-corrected chi connectivity index (χ3v) is 3.68. The number of hydrogen-bond donors (Lipinski definition) is 2. The number of rotatable bonds is 8. The minimum absolute atomic E-state index is 0.0359. The van der Waals surface area contributed by atoms with Crippen molar-refractivity contribution < 1.29 is 28.6 Å². The Balaban J connectivity index is 1.84. The van der Waals surface area contributed by atoms with Crippen molar-refractivity contribution in [2.45, 2.75) is 13.3 Å². The fourth-order valence-corrected chi connectivity index (χ4v) is 2.39. The van der Waals surface area contributed by atoms with Gasteiger partial charge in [-0.1, -0.05) is 6.07 Å². The summed E-state index contributed by atoms with van der Waals surface area (Å²) in [6.45, 7) is 0.996. The molecule has 2 N–H and O–H groups in total. The van der Waals surface area contributed by atoms with E-state index in [1.807, 2.05) is 0 Å². The Morgan fingerprint density at radius 2 is 1.54 bits per heavy atom. The lowest BCUT2D eigenvalue weighted by atomic mass is 10.1. The van der Waals surface area contributed by atoms with Crippen LogP contribution in [-0.4, -0.2) is 38.6 Å². The molecule has 0 aliphatic heterocycles. The van der Waals surface area contributed by atoms with Crippen molar-refractivity contribution >= 4 is 29.2 Å². The second-order valence-corrected chi connectivity index (χ2v) is 5.82. The third kappa shape index (κ3) is 6.31. The van der Waals surface area contributed by atoms with E-state index in [0.29, 0.717) is 28.4 Å². The molecule has 0 saturated carbocycles. The lowest BCUT2D eigenvalue weighted by Gasteiger charge is -2.11. The summed E-state index contributed by atoms with van der Waals surface area (Å²) >= 11 is 0. The Morgan fingerprint density at radius 3 is 2.11 bits per heavy atom. The van der Waals surface area contributed by atoms with E-state index in [0.717, 1.165) is 0 Å². The summed E-state index contributed by atoms with van der Waals surface area (Å²) in [6, 6.07) is 11.6. The molecule has 0 aromatic heterocycles. The van der Waals surface area contributed by atoms with Crippen molar-refractivity contribution in [1.82, 2.24) is 0 Å². The predicted octanol–water partition coefficient (Wildman–Crippen LogP) is 2.39. The van der Waals surface area contributed by atoms with Crippen LogP contribution < -0.4 is 20.1 Å². The molecule has 0 radical (unpaired) electrons. The fraction of sp³-hybridized carbons (Fsp3) is 0.250. The topological polar surface area (TPSA) is 103 Å². The van der Waals surface area contributed by atoms with Crippen LogP contribution >= 0.6 is 0 Å². The normalized spacial score (nSPS) is 9.96. The summed E-state index contributed by atoms with van der Waals surface area (Å²) in [5.41, 5.74) is 1.76. The summed E-state index contributed by atoms with van der Waals surface area (Å²) in [4.78, 5) is 34.9. The van der Waals surface area contributed by atoms with Gasteiger partial charge in [-0.15, -0.1) is 0 Å². The van der Waals surface area contributed by atoms with Gasteiger partial charge >= 0.3 is 5.97 Å². The molecule has 2 rings (SSSR count). The van der Waals surface area contributed by atoms with Crippen LogP contribution in [0.5, 0.6) is 11.5 Å². The van der Waals surface area contributed by atoms with Gasteiger partial charge in [0.1, 0.15) is 11.5 Å². The summed E-state index contributed by atoms with van der Waals surface area (Å²) < 4.78 is 15.4. The van der Waals surface area contributed by atoms with Crippen LogP contribution in [0.3, 0.4) is 0 Å². The average Bonchev–Trinajstić information content (AvgIpc) is 2.68. The van der Waals surface area contributed by atoms with Crippen LogP contribution in [0.25, 0.3) is 0 Å². The maximum atomic E-state index is 12.0. The van der Waals surface area contributed by atoms with Gasteiger partial charge in [-0.05, 0) is 30.3 Å². The summed E-state index contributed by atoms with van der Waals surface area (Å²) in [5, 5.41) is 5.24. The first-order valence-electron chi connectivity index (χ1n) is 8.45. The third-order valence-electron chi connectivity index (χ3n) is 3.68. The van der Waals surface area contributed by atoms with Gasteiger partial charge in [0, 0.05) is 29.9 Å². The highest BCUT2D eigenvalue weighted by Crippen LogP contribution is 2.25. The van der Waals surface area contributed by atoms with E-state index in [1.165, 1.54) is 21.1 Å². The average molecular weight is 386 g/mol. The molecule has 0 bridgehead atoms. The van der Waals surface area contributed by atoms with Crippen LogP contribution in [0.15, 0.2) is 42.5 Å². The highest BCUT2D eigenvalue weighted by Gasteiger charge is 2.13. The fourth-order valence-electron chi connectivity index (χ4n) is 2.39. The molecule has 0 aliphatic carbocycles. The summed E-state index contributed by atoms with van der Waals surface area (Å²) in [5.74, 6) is -0.1000. The van der Waals surface area contributed by atoms with E-state index in [2.05, 4.69) is 10.6 Å². The standard InChI is InChI=1S/C20H22N2O6/c1-13(23)21-15-5-7-16(8-6-15)22-19(24)12-28-20(25)10-14-4-9-17(26-2)11-18(14)27-3/h4-9,11H,10,12H2,1-3H3,(H,21,23)(H,22,24). The quantitative estimate of drug-likeness (QED) is 0.676. The van der Waals surface area contributed by atoms with Crippen molar-refractivity contribution in [3.8, 4) is 11.5 Å². The number of nitrogens with one attached hydrogen (secondary N) is 2. The van der Waals surface area contributed by atoms with Gasteiger partial charge in [-0.2, -0.15) is 0 Å². The first-order chi connectivity index (χ1) is 13.4. The molecule has 0 heterocycles. The molecule has 2 aromatic rings. The maximum Gasteiger partial charge on any atom is 0.310 e. The van der Waals surface area contributed by atoms with E-state index in [4.69, 9.17) is 14.2 Å². The van der Waals surface area contributed by atoms with Crippen LogP contribution in [0.4, 0.5) is 11.4 Å². The van der Waals surface area contributed by atoms with Gasteiger partial charge in [0.15, 0.2) is 6.61 Å². The van der Waals surface area contributed by atoms with Gasteiger partial charge in [0.2, 0.25) is 5.91 Å². The predicted molar refractivity (Wildman–Crippen MR) is 104 cm³/mol. The number of benzene rings is 2. The van der Waals surface area contributed by atoms with Gasteiger partial charge in [0.05, 0.1) is 20.6 Å². The Hall–Kier alpha value is -3.55. The zero-order chi connectivity index (χ0) is 20.5. The van der Waals surface area contributed by atoms with Crippen LogP contribution in [0.2, 0.25) is 0 Å². The number of methoxy groups -OCH3 is 2. The Morgan fingerprint density at radius 1 is 0.893 bits per heavy atom. The number of amides is 2. The molecule has 2 aromatic carbocycles. The van der Waals surface area contributed by atoms with Crippen molar-refractivity contribution in [3.05, 3.63) is 48.0 Å². The van der Waals surface area contributed by atoms with Crippen molar-refractivity contribution in [2.75, 3.05) is 31.5 Å². The van der Waals surface area contributed by atoms with Gasteiger partial charge < -0.3 is 24.8 Å². The molecule has 2 amide bonds. The molecule has 28 heavy (non-hydrogen) atoms. The number of hydrogen-bond acceptors (Lipinski definition) is 6. The monoisotopic (exact) mass is 386 g/mol. The molecule has 0 unspecified atom stereocenters. The molecule has 0 saturated heterocycles. The molecule has 8 heteroatoms. The Bertz CT molecular complexity index is 848. The van der Waals surface area contributed by atoms with Crippen molar-refractivity contribution in [1.29, 1.82) is 0 Å². The molecule has 0 spiro atoms. The van der Waals surface area contributed by atoms with Gasteiger partial charge in [-0.3, -0.25) is 14.4 Å². The highest BCUT2D eigenvalue weighted by atomic mass is 16.5. The van der Waals surface area contributed by atoms with Crippen LogP contribution in [0, 0.1) is 0 Å². The minimum Gasteiger partial charge on any atom is -0.497 e. The number of esters is 1. The molecule has 0 aliphatic rings. The molecule has 148 valence electrons. The maximum absolute atomic E-state index is 12.0. The largest absolute Gasteiger partial charge is 0.497 e. The second-order valence-electron chi connectivity index (χ2n) is 5.82. The smallest absolute Gasteiger partial charge is 0.310 e. The summed E-state index contributed by atoms with van der Waals surface area (Å²) in [6.07, 6.45) is -0.0359. The van der Waals surface area contributed by atoms with Gasteiger partial charge in [-0.25, -0.2) is 0 Å². The van der Waals surface area contributed by atoms with Crippen LogP contribution in [0.1, 0.15) is 12.5 Å². The Kier molecular flexibility index (Phi) is 7.38. The van der Waals surface area contributed by atoms with Gasteiger partial charge in [0.25, 0.3) is 5.91 Å². The van der Waals surface area contributed by atoms with Crippen LogP contribution in [-0.2, 0) is 25.5 Å². The van der Waals surface area contributed by atoms with Crippen molar-refractivity contribution in [3.63, 3.8) is 0 Å². The lowest BCUT2D eigenvalue weighted by Crippen LogP contribution is -2.21. The number of carbonyl (C=O) groups is 3. The first-order valence-corrected chi connectivity index (χ1v) is 8.45. The Labute approximate surface area is 162 Å². The van der Waals surface area contributed by atoms with E-state index in [-0.39, 0.29) is 12.3 Å². The molecular weight excluding hydrogens is 364 g/mol. The highest BCUT2D eigenvalue weighted by molar-refractivity contribution is 5.93. The summed E-state index contributed by atoms with van der Waals surface area (Å²) in [7, 11) is 3.03. The molecular formula is C20H22N2O6. The number of ether oxygens (including phenoxy) is 3. The van der Waals surface area contributed by atoms with E-state index < -0.39 is 18.5 Å². The zero-order valence-electron chi connectivity index (χ0n) is 15.9.